The molecule has 0 saturated carbocycles. The van der Waals surface area contributed by atoms with Gasteiger partial charge in [-0.1, -0.05) is 0 Å². The number of aromatic nitrogens is 5. The highest BCUT2D eigenvalue weighted by atomic mass is 16.2. The van der Waals surface area contributed by atoms with Crippen LogP contribution in [0, 0.1) is 0 Å². The van der Waals surface area contributed by atoms with E-state index in [4.69, 9.17) is 0 Å². The summed E-state index contributed by atoms with van der Waals surface area (Å²) in [5, 5.41) is 0. The molecule has 8 nitrogen and oxygen atoms in total. The molecule has 148 valence electrons. The molecule has 0 spiro atoms. The van der Waals surface area contributed by atoms with Gasteiger partial charge < -0.3 is 14.4 Å². The third-order valence-corrected chi connectivity index (χ3v) is 5.35. The monoisotopic (exact) mass is 381 g/mol. The van der Waals surface area contributed by atoms with Crippen LogP contribution in [0.1, 0.15) is 41.5 Å². The second-order valence-corrected chi connectivity index (χ2v) is 7.66. The number of rotatable bonds is 6. The van der Waals surface area contributed by atoms with E-state index in [9.17, 15) is 4.79 Å². The number of likely N-dealkylation sites (tertiary alicyclic amines) is 1. The van der Waals surface area contributed by atoms with Crippen molar-refractivity contribution in [3.05, 3.63) is 48.6 Å². The zero-order valence-electron chi connectivity index (χ0n) is 16.5. The quantitative estimate of drug-likeness (QED) is 0.652. The van der Waals surface area contributed by atoms with Crippen LogP contribution in [-0.4, -0.2) is 73.4 Å². The fourth-order valence-electron chi connectivity index (χ4n) is 3.86. The van der Waals surface area contributed by atoms with Crippen LogP contribution in [0.2, 0.25) is 0 Å². The van der Waals surface area contributed by atoms with E-state index in [0.717, 1.165) is 51.3 Å². The van der Waals surface area contributed by atoms with Gasteiger partial charge in [0.15, 0.2) is 0 Å². The average molecular weight is 381 g/mol. The summed E-state index contributed by atoms with van der Waals surface area (Å²) >= 11 is 0. The molecule has 28 heavy (non-hydrogen) atoms. The van der Waals surface area contributed by atoms with Gasteiger partial charge in [0.2, 0.25) is 5.78 Å². The normalized spacial score (nSPS) is 15.6. The SMILES string of the molecule is CN(C)CCCn1ccnc1C1CCN(C(=O)c2cn3cccnc3n2)CC1. The van der Waals surface area contributed by atoms with Crippen LogP contribution >= 0.6 is 0 Å². The molecule has 3 aromatic rings. The molecule has 3 aromatic heterocycles. The summed E-state index contributed by atoms with van der Waals surface area (Å²) in [6.07, 6.45) is 12.2. The number of hydrogen-bond acceptors (Lipinski definition) is 5. The Balaban J connectivity index is 1.37. The van der Waals surface area contributed by atoms with Crippen LogP contribution in [0.5, 0.6) is 0 Å². The Labute approximate surface area is 164 Å². The third kappa shape index (κ3) is 3.91. The molecular formula is C20H27N7O. The molecule has 4 heterocycles. The van der Waals surface area contributed by atoms with Crippen LogP contribution in [0.25, 0.3) is 5.78 Å². The lowest BCUT2D eigenvalue weighted by Crippen LogP contribution is -2.38. The second-order valence-electron chi connectivity index (χ2n) is 7.66. The predicted octanol–water partition coefficient (Wildman–Crippen LogP) is 1.90. The lowest BCUT2D eigenvalue weighted by Gasteiger charge is -2.31. The van der Waals surface area contributed by atoms with Crippen molar-refractivity contribution in [2.75, 3.05) is 33.7 Å². The Morgan fingerprint density at radius 2 is 2.00 bits per heavy atom. The molecule has 1 fully saturated rings. The van der Waals surface area contributed by atoms with Gasteiger partial charge in [0.05, 0.1) is 0 Å². The van der Waals surface area contributed by atoms with Crippen molar-refractivity contribution in [3.8, 4) is 0 Å². The lowest BCUT2D eigenvalue weighted by atomic mass is 9.95. The van der Waals surface area contributed by atoms with Gasteiger partial charge in [-0.25, -0.2) is 15.0 Å². The Bertz CT molecular complexity index is 904. The molecule has 0 aliphatic carbocycles. The van der Waals surface area contributed by atoms with E-state index in [-0.39, 0.29) is 5.91 Å². The van der Waals surface area contributed by atoms with Crippen molar-refractivity contribution in [3.63, 3.8) is 0 Å². The molecule has 0 N–H and O–H groups in total. The molecule has 0 radical (unpaired) electrons. The first-order valence-corrected chi connectivity index (χ1v) is 9.86. The molecule has 1 amide bonds. The van der Waals surface area contributed by atoms with Gasteiger partial charge in [-0.05, 0) is 46.0 Å². The van der Waals surface area contributed by atoms with Gasteiger partial charge in [-0.15, -0.1) is 0 Å². The first-order chi connectivity index (χ1) is 13.6. The van der Waals surface area contributed by atoms with Crippen LogP contribution < -0.4 is 0 Å². The van der Waals surface area contributed by atoms with E-state index in [0.29, 0.717) is 17.4 Å². The van der Waals surface area contributed by atoms with Gasteiger partial charge in [-0.3, -0.25) is 9.20 Å². The number of hydrogen-bond donors (Lipinski definition) is 0. The van der Waals surface area contributed by atoms with Gasteiger partial charge >= 0.3 is 0 Å². The molecule has 0 aromatic carbocycles. The van der Waals surface area contributed by atoms with Gasteiger partial charge in [0.1, 0.15) is 11.5 Å². The number of carbonyl (C=O) groups is 1. The molecule has 4 rings (SSSR count). The number of imidazole rings is 2. The average Bonchev–Trinajstić information content (AvgIpc) is 3.34. The molecule has 1 aliphatic rings. The summed E-state index contributed by atoms with van der Waals surface area (Å²) in [5.74, 6) is 2.10. The Morgan fingerprint density at radius 3 is 2.75 bits per heavy atom. The molecule has 0 unspecified atom stereocenters. The molecule has 0 bridgehead atoms. The van der Waals surface area contributed by atoms with Crippen molar-refractivity contribution in [2.24, 2.45) is 0 Å². The summed E-state index contributed by atoms with van der Waals surface area (Å²) in [6.45, 7) is 3.52. The first kappa shape index (κ1) is 18.6. The summed E-state index contributed by atoms with van der Waals surface area (Å²) in [7, 11) is 4.20. The maximum atomic E-state index is 12.8. The van der Waals surface area contributed by atoms with Crippen LogP contribution in [0.15, 0.2) is 37.1 Å². The zero-order valence-corrected chi connectivity index (χ0v) is 16.5. The maximum absolute atomic E-state index is 12.8. The van der Waals surface area contributed by atoms with Gasteiger partial charge in [-0.2, -0.15) is 0 Å². The van der Waals surface area contributed by atoms with Crippen molar-refractivity contribution >= 4 is 11.7 Å². The minimum atomic E-state index is -0.0155. The largest absolute Gasteiger partial charge is 0.337 e. The first-order valence-electron chi connectivity index (χ1n) is 9.86. The Kier molecular flexibility index (Phi) is 5.38. The molecular weight excluding hydrogens is 354 g/mol. The predicted molar refractivity (Wildman–Crippen MR) is 106 cm³/mol. The van der Waals surface area contributed by atoms with Gasteiger partial charge in [0.25, 0.3) is 5.91 Å². The molecule has 1 saturated heterocycles. The van der Waals surface area contributed by atoms with Crippen molar-refractivity contribution < 1.29 is 4.79 Å². The summed E-state index contributed by atoms with van der Waals surface area (Å²) < 4.78 is 4.06. The number of fused-ring (bicyclic) bond motifs is 1. The molecule has 8 heteroatoms. The fraction of sp³-hybridized carbons (Fsp3) is 0.500. The highest BCUT2D eigenvalue weighted by Crippen LogP contribution is 2.27. The van der Waals surface area contributed by atoms with Crippen molar-refractivity contribution in [1.29, 1.82) is 0 Å². The van der Waals surface area contributed by atoms with Crippen LogP contribution in [0.4, 0.5) is 0 Å². The number of amides is 1. The van der Waals surface area contributed by atoms with E-state index < -0.39 is 0 Å². The van der Waals surface area contributed by atoms with Crippen molar-refractivity contribution in [2.45, 2.75) is 31.7 Å². The van der Waals surface area contributed by atoms with E-state index in [1.807, 2.05) is 23.4 Å². The number of aryl methyl sites for hydroxylation is 1. The third-order valence-electron chi connectivity index (χ3n) is 5.35. The van der Waals surface area contributed by atoms with Crippen LogP contribution in [0.3, 0.4) is 0 Å². The summed E-state index contributed by atoms with van der Waals surface area (Å²) in [5.41, 5.74) is 0.460. The van der Waals surface area contributed by atoms with E-state index in [1.54, 1.807) is 16.8 Å². The summed E-state index contributed by atoms with van der Waals surface area (Å²) in [6, 6.07) is 1.83. The number of carbonyl (C=O) groups excluding carboxylic acids is 1. The van der Waals surface area contributed by atoms with Gasteiger partial charge in [0, 0.05) is 56.5 Å². The second kappa shape index (κ2) is 8.10. The highest BCUT2D eigenvalue weighted by molar-refractivity contribution is 5.92. The van der Waals surface area contributed by atoms with E-state index >= 15 is 0 Å². The lowest BCUT2D eigenvalue weighted by molar-refractivity contribution is 0.0705. The smallest absolute Gasteiger partial charge is 0.274 e. The standard InChI is InChI=1S/C20H27N7O/c1-24(2)9-4-11-25-14-8-21-18(25)16-5-12-26(13-6-16)19(28)17-15-27-10-3-7-22-20(27)23-17/h3,7-8,10,14-16H,4-6,9,11-13H2,1-2H3. The molecule has 1 aliphatic heterocycles. The minimum Gasteiger partial charge on any atom is -0.337 e. The maximum Gasteiger partial charge on any atom is 0.274 e. The van der Waals surface area contributed by atoms with E-state index in [2.05, 4.69) is 44.7 Å². The zero-order chi connectivity index (χ0) is 19.5. The molecule has 0 atom stereocenters. The topological polar surface area (TPSA) is 71.6 Å². The number of piperidine rings is 1. The highest BCUT2D eigenvalue weighted by Gasteiger charge is 2.28. The van der Waals surface area contributed by atoms with E-state index in [1.165, 1.54) is 0 Å². The van der Waals surface area contributed by atoms with Crippen LogP contribution in [-0.2, 0) is 6.54 Å². The Hall–Kier alpha value is -2.74. The van der Waals surface area contributed by atoms with Crippen molar-refractivity contribution in [1.82, 2.24) is 33.7 Å². The minimum absolute atomic E-state index is 0.0155. The Morgan fingerprint density at radius 1 is 1.18 bits per heavy atom. The number of nitrogens with zero attached hydrogens (tertiary/aromatic N) is 7. The fourth-order valence-corrected chi connectivity index (χ4v) is 3.86. The summed E-state index contributed by atoms with van der Waals surface area (Å²) in [4.78, 5) is 30.1.